The molecule has 0 amide bonds. The molecule has 0 saturated heterocycles. The second-order valence-corrected chi connectivity index (χ2v) is 3.56. The van der Waals surface area contributed by atoms with Gasteiger partial charge in [-0.25, -0.2) is 0 Å². The Hall–Kier alpha value is -1.42. The summed E-state index contributed by atoms with van der Waals surface area (Å²) in [6, 6.07) is 5.49. The van der Waals surface area contributed by atoms with Crippen LogP contribution in [0.1, 0.15) is 17.9 Å². The van der Waals surface area contributed by atoms with E-state index in [1.54, 1.807) is 13.2 Å². The maximum absolute atomic E-state index is 11.0. The third kappa shape index (κ3) is 2.22. The molecule has 88 valence electrons. The molecule has 16 heavy (non-hydrogen) atoms. The smallest absolute Gasteiger partial charge is 0.311 e. The van der Waals surface area contributed by atoms with E-state index in [1.165, 1.54) is 0 Å². The van der Waals surface area contributed by atoms with E-state index < -0.39 is 11.9 Å². The first-order chi connectivity index (χ1) is 7.22. The van der Waals surface area contributed by atoms with E-state index in [0.717, 1.165) is 11.3 Å². The molecule has 1 aliphatic rings. The number of methoxy groups -OCH3 is 1. The van der Waals surface area contributed by atoms with Gasteiger partial charge in [0.05, 0.1) is 13.0 Å². The summed E-state index contributed by atoms with van der Waals surface area (Å²) in [4.78, 5) is 11.0. The Balaban J connectivity index is 0.00000128. The summed E-state index contributed by atoms with van der Waals surface area (Å²) in [6.45, 7) is 0.705. The minimum absolute atomic E-state index is 0. The second-order valence-electron chi connectivity index (χ2n) is 3.56. The second kappa shape index (κ2) is 5.07. The van der Waals surface area contributed by atoms with Gasteiger partial charge in [-0.1, -0.05) is 0 Å². The SMILES string of the molecule is COc1ccc2c(c1)C(C(=O)O)CCN2.Cl. The van der Waals surface area contributed by atoms with Crippen LogP contribution in [0.5, 0.6) is 5.75 Å². The fraction of sp³-hybridized carbons (Fsp3) is 0.364. The molecule has 0 saturated carbocycles. The van der Waals surface area contributed by atoms with Gasteiger partial charge >= 0.3 is 5.97 Å². The Morgan fingerprint density at radius 3 is 2.94 bits per heavy atom. The molecule has 5 heteroatoms. The first-order valence-corrected chi connectivity index (χ1v) is 4.87. The lowest BCUT2D eigenvalue weighted by Crippen LogP contribution is -2.22. The summed E-state index contributed by atoms with van der Waals surface area (Å²) in [6.07, 6.45) is 0.621. The number of hydrogen-bond donors (Lipinski definition) is 2. The van der Waals surface area contributed by atoms with Crippen LogP contribution in [-0.4, -0.2) is 24.7 Å². The third-order valence-electron chi connectivity index (χ3n) is 2.68. The number of hydrogen-bond acceptors (Lipinski definition) is 3. The van der Waals surface area contributed by atoms with Gasteiger partial charge in [0.1, 0.15) is 5.75 Å². The van der Waals surface area contributed by atoms with Crippen molar-refractivity contribution in [1.29, 1.82) is 0 Å². The minimum Gasteiger partial charge on any atom is -0.497 e. The van der Waals surface area contributed by atoms with Crippen molar-refractivity contribution in [3.63, 3.8) is 0 Å². The van der Waals surface area contributed by atoms with Crippen LogP contribution in [0.15, 0.2) is 18.2 Å². The quantitative estimate of drug-likeness (QED) is 0.835. The van der Waals surface area contributed by atoms with Gasteiger partial charge in [0.25, 0.3) is 0 Å². The molecule has 1 heterocycles. The van der Waals surface area contributed by atoms with Crippen LogP contribution in [0.25, 0.3) is 0 Å². The molecule has 1 aromatic rings. The molecular formula is C11H14ClNO3. The van der Waals surface area contributed by atoms with Crippen LogP contribution in [0.4, 0.5) is 5.69 Å². The molecule has 0 bridgehead atoms. The zero-order valence-electron chi connectivity index (χ0n) is 8.90. The minimum atomic E-state index is -0.772. The molecule has 1 aliphatic heterocycles. The number of ether oxygens (including phenoxy) is 1. The van der Waals surface area contributed by atoms with Gasteiger partial charge in [-0.2, -0.15) is 0 Å². The number of rotatable bonds is 2. The number of halogens is 1. The van der Waals surface area contributed by atoms with E-state index in [4.69, 9.17) is 9.84 Å². The summed E-state index contributed by atoms with van der Waals surface area (Å²) < 4.78 is 5.09. The number of aliphatic carboxylic acids is 1. The van der Waals surface area contributed by atoms with E-state index >= 15 is 0 Å². The topological polar surface area (TPSA) is 58.6 Å². The van der Waals surface area contributed by atoms with Gasteiger partial charge in [0.2, 0.25) is 0 Å². The molecule has 4 nitrogen and oxygen atoms in total. The van der Waals surface area contributed by atoms with Crippen LogP contribution < -0.4 is 10.1 Å². The largest absolute Gasteiger partial charge is 0.497 e. The average Bonchev–Trinajstić information content (AvgIpc) is 2.27. The molecule has 1 unspecified atom stereocenters. The van der Waals surface area contributed by atoms with Crippen molar-refractivity contribution in [2.75, 3.05) is 19.0 Å². The van der Waals surface area contributed by atoms with Gasteiger partial charge in [-0.15, -0.1) is 12.4 Å². The van der Waals surface area contributed by atoms with E-state index in [2.05, 4.69) is 5.32 Å². The molecule has 1 atom stereocenters. The predicted molar refractivity (Wildman–Crippen MR) is 63.7 cm³/mol. The molecule has 0 radical (unpaired) electrons. The fourth-order valence-electron chi connectivity index (χ4n) is 1.88. The molecule has 0 spiro atoms. The molecular weight excluding hydrogens is 230 g/mol. The van der Waals surface area contributed by atoms with Crippen LogP contribution in [-0.2, 0) is 4.79 Å². The number of nitrogens with one attached hydrogen (secondary N) is 1. The lowest BCUT2D eigenvalue weighted by Gasteiger charge is -2.24. The van der Waals surface area contributed by atoms with Crippen molar-refractivity contribution in [3.8, 4) is 5.75 Å². The van der Waals surface area contributed by atoms with Gasteiger partial charge in [0, 0.05) is 12.2 Å². The number of carboxylic acid groups (broad SMARTS) is 1. The molecule has 2 N–H and O–H groups in total. The van der Waals surface area contributed by atoms with E-state index in [1.807, 2.05) is 12.1 Å². The van der Waals surface area contributed by atoms with Crippen molar-refractivity contribution in [2.45, 2.75) is 12.3 Å². The predicted octanol–water partition coefficient (Wildman–Crippen LogP) is 2.10. The van der Waals surface area contributed by atoms with Crippen LogP contribution in [0.2, 0.25) is 0 Å². The summed E-state index contributed by atoms with van der Waals surface area (Å²) in [7, 11) is 1.58. The maximum atomic E-state index is 11.0. The summed E-state index contributed by atoms with van der Waals surface area (Å²) in [5, 5.41) is 12.3. The van der Waals surface area contributed by atoms with Crippen LogP contribution in [0, 0.1) is 0 Å². The molecule has 2 rings (SSSR count). The molecule has 0 aromatic heterocycles. The normalized spacial score (nSPS) is 17.7. The van der Waals surface area contributed by atoms with Crippen LogP contribution >= 0.6 is 12.4 Å². The first-order valence-electron chi connectivity index (χ1n) is 4.87. The molecule has 0 fully saturated rings. The zero-order valence-corrected chi connectivity index (χ0v) is 9.71. The highest BCUT2D eigenvalue weighted by atomic mass is 35.5. The average molecular weight is 244 g/mol. The van der Waals surface area contributed by atoms with E-state index in [9.17, 15) is 4.79 Å². The number of anilines is 1. The number of carboxylic acids is 1. The highest BCUT2D eigenvalue weighted by molar-refractivity contribution is 5.85. The van der Waals surface area contributed by atoms with Crippen molar-refractivity contribution in [1.82, 2.24) is 0 Å². The van der Waals surface area contributed by atoms with Gasteiger partial charge in [0.15, 0.2) is 0 Å². The lowest BCUT2D eigenvalue weighted by molar-refractivity contribution is -0.138. The van der Waals surface area contributed by atoms with Crippen molar-refractivity contribution >= 4 is 24.1 Å². The number of fused-ring (bicyclic) bond motifs is 1. The van der Waals surface area contributed by atoms with E-state index in [-0.39, 0.29) is 12.4 Å². The number of carbonyl (C=O) groups is 1. The van der Waals surface area contributed by atoms with Crippen molar-refractivity contribution in [3.05, 3.63) is 23.8 Å². The molecule has 0 aliphatic carbocycles. The Morgan fingerprint density at radius 2 is 2.31 bits per heavy atom. The lowest BCUT2D eigenvalue weighted by atomic mass is 9.91. The summed E-state index contributed by atoms with van der Waals surface area (Å²) in [5.74, 6) is -0.494. The highest BCUT2D eigenvalue weighted by Crippen LogP contribution is 2.34. The van der Waals surface area contributed by atoms with Gasteiger partial charge in [-0.3, -0.25) is 4.79 Å². The van der Waals surface area contributed by atoms with Gasteiger partial charge < -0.3 is 15.2 Å². The standard InChI is InChI=1S/C11H13NO3.ClH/c1-15-7-2-3-10-9(6-7)8(11(13)14)4-5-12-10;/h2-3,6,8,12H,4-5H2,1H3,(H,13,14);1H. The Kier molecular flexibility index (Phi) is 4.01. The first kappa shape index (κ1) is 12.6. The van der Waals surface area contributed by atoms with Crippen LogP contribution in [0.3, 0.4) is 0 Å². The Bertz CT molecular complexity index is 395. The zero-order chi connectivity index (χ0) is 10.8. The fourth-order valence-corrected chi connectivity index (χ4v) is 1.88. The molecule has 1 aromatic carbocycles. The Labute approximate surface area is 100 Å². The van der Waals surface area contributed by atoms with Crippen molar-refractivity contribution < 1.29 is 14.6 Å². The number of benzene rings is 1. The third-order valence-corrected chi connectivity index (χ3v) is 2.68. The van der Waals surface area contributed by atoms with Gasteiger partial charge in [-0.05, 0) is 30.2 Å². The highest BCUT2D eigenvalue weighted by Gasteiger charge is 2.26. The Morgan fingerprint density at radius 1 is 1.56 bits per heavy atom. The van der Waals surface area contributed by atoms with E-state index in [0.29, 0.717) is 18.7 Å². The van der Waals surface area contributed by atoms with Crippen molar-refractivity contribution in [2.24, 2.45) is 0 Å². The monoisotopic (exact) mass is 243 g/mol. The maximum Gasteiger partial charge on any atom is 0.311 e. The summed E-state index contributed by atoms with van der Waals surface area (Å²) >= 11 is 0. The summed E-state index contributed by atoms with van der Waals surface area (Å²) in [5.41, 5.74) is 1.71.